The lowest BCUT2D eigenvalue weighted by molar-refractivity contribution is 0.769. The van der Waals surface area contributed by atoms with Crippen LogP contribution < -0.4 is 0 Å². The van der Waals surface area contributed by atoms with Gasteiger partial charge in [0, 0.05) is 21.8 Å². The van der Waals surface area contributed by atoms with E-state index in [9.17, 15) is 0 Å². The summed E-state index contributed by atoms with van der Waals surface area (Å²) in [5, 5.41) is 2.48. The van der Waals surface area contributed by atoms with E-state index in [1.807, 2.05) is 0 Å². The normalized spacial score (nSPS) is 14.6. The monoisotopic (exact) mass is 647 g/mol. The number of H-pyrrole nitrogens is 1. The van der Waals surface area contributed by atoms with Gasteiger partial charge in [0.05, 0.1) is 10.8 Å². The van der Waals surface area contributed by atoms with Crippen molar-refractivity contribution in [2.75, 3.05) is 0 Å². The third kappa shape index (κ3) is 3.65. The number of aromatic amines is 1. The number of nitrogens with one attached hydrogen (secondary N) is 1. The first kappa shape index (κ1) is 28.4. The average Bonchev–Trinajstić information content (AvgIpc) is 3.83. The topological polar surface area (TPSA) is 15.8 Å². The van der Waals surface area contributed by atoms with E-state index in [2.05, 4.69) is 199 Å². The highest BCUT2D eigenvalue weighted by Gasteiger charge is 2.47. The Bertz CT molecular complexity index is 2520. The summed E-state index contributed by atoms with van der Waals surface area (Å²) in [7, 11) is 0. The lowest BCUT2D eigenvalue weighted by Crippen LogP contribution is -2.28. The van der Waals surface area contributed by atoms with Gasteiger partial charge in [0.1, 0.15) is 0 Å². The molecule has 0 amide bonds. The van der Waals surface area contributed by atoms with Crippen molar-refractivity contribution in [3.63, 3.8) is 0 Å². The Hall–Kier alpha value is -6.44. The number of rotatable bonds is 4. The first-order valence-electron chi connectivity index (χ1n) is 17.9. The summed E-state index contributed by atoms with van der Waals surface area (Å²) in [6, 6.07) is 72.3. The molecule has 0 unspecified atom stereocenters. The van der Waals surface area contributed by atoms with Crippen molar-refractivity contribution >= 4 is 21.8 Å². The van der Waals surface area contributed by atoms with Crippen molar-refractivity contribution in [1.29, 1.82) is 0 Å². The molecule has 2 aliphatic carbocycles. The van der Waals surface area contributed by atoms with E-state index in [1.54, 1.807) is 0 Å². The third-order valence-electron chi connectivity index (χ3n) is 11.8. The van der Waals surface area contributed by atoms with Gasteiger partial charge in [0.25, 0.3) is 0 Å². The van der Waals surface area contributed by atoms with Gasteiger partial charge in [-0.25, -0.2) is 0 Å². The zero-order chi connectivity index (χ0) is 33.6. The predicted octanol–water partition coefficient (Wildman–Crippen LogP) is 12.0. The van der Waals surface area contributed by atoms with Gasteiger partial charge in [0.2, 0.25) is 0 Å². The van der Waals surface area contributed by atoms with Crippen LogP contribution in [0.25, 0.3) is 44.1 Å². The number of benzene rings is 8. The zero-order valence-corrected chi connectivity index (χ0v) is 28.0. The summed E-state index contributed by atoms with van der Waals surface area (Å²) in [6.07, 6.45) is 0. The first-order valence-corrected chi connectivity index (χ1v) is 17.9. The molecule has 0 radical (unpaired) electrons. The molecular weight excluding hydrogens is 615 g/mol. The van der Waals surface area contributed by atoms with Crippen LogP contribution in [0.3, 0.4) is 0 Å². The Morgan fingerprint density at radius 3 is 0.941 bits per heavy atom. The second-order valence-electron chi connectivity index (χ2n) is 14.1. The molecular formula is C50H33N. The van der Waals surface area contributed by atoms with E-state index in [0.29, 0.717) is 0 Å². The van der Waals surface area contributed by atoms with Crippen LogP contribution in [0.1, 0.15) is 44.5 Å². The minimum absolute atomic E-state index is 0.446. The maximum Gasteiger partial charge on any atom is 0.0713 e. The Morgan fingerprint density at radius 1 is 0.275 bits per heavy atom. The lowest BCUT2D eigenvalue weighted by Gasteiger charge is -2.34. The fourth-order valence-corrected chi connectivity index (χ4v) is 9.79. The van der Waals surface area contributed by atoms with E-state index >= 15 is 0 Å². The van der Waals surface area contributed by atoms with E-state index in [1.165, 1.54) is 77.5 Å². The maximum atomic E-state index is 3.79. The first-order chi connectivity index (χ1) is 25.3. The molecule has 2 aliphatic rings. The molecule has 238 valence electrons. The second kappa shape index (κ2) is 10.5. The Kier molecular flexibility index (Phi) is 5.86. The minimum atomic E-state index is -0.446. The Morgan fingerprint density at radius 2 is 0.588 bits per heavy atom. The predicted molar refractivity (Wildman–Crippen MR) is 210 cm³/mol. The highest BCUT2D eigenvalue weighted by atomic mass is 14.7. The zero-order valence-electron chi connectivity index (χ0n) is 28.0. The van der Waals surface area contributed by atoms with Gasteiger partial charge in [-0.2, -0.15) is 0 Å². The minimum Gasteiger partial charge on any atom is -0.355 e. The molecule has 1 nitrogen and oxygen atoms in total. The number of aromatic nitrogens is 1. The largest absolute Gasteiger partial charge is 0.355 e. The molecule has 9 aromatic rings. The van der Waals surface area contributed by atoms with Crippen LogP contribution in [0.5, 0.6) is 0 Å². The van der Waals surface area contributed by atoms with E-state index in [0.717, 1.165) is 11.0 Å². The fraction of sp³-hybridized carbons (Fsp3) is 0.0400. The van der Waals surface area contributed by atoms with Crippen LogP contribution in [0.4, 0.5) is 0 Å². The van der Waals surface area contributed by atoms with Gasteiger partial charge < -0.3 is 4.98 Å². The number of fused-ring (bicyclic) bond motifs is 9. The van der Waals surface area contributed by atoms with Crippen molar-refractivity contribution in [1.82, 2.24) is 4.98 Å². The quantitative estimate of drug-likeness (QED) is 0.196. The van der Waals surface area contributed by atoms with E-state index < -0.39 is 10.8 Å². The van der Waals surface area contributed by atoms with E-state index in [4.69, 9.17) is 0 Å². The van der Waals surface area contributed by atoms with Crippen molar-refractivity contribution in [2.45, 2.75) is 10.8 Å². The molecule has 8 aromatic carbocycles. The van der Waals surface area contributed by atoms with Gasteiger partial charge in [-0.05, 0) is 91.0 Å². The van der Waals surface area contributed by atoms with Crippen LogP contribution in [0.2, 0.25) is 0 Å². The Labute approximate surface area is 297 Å². The molecule has 1 aromatic heterocycles. The van der Waals surface area contributed by atoms with Gasteiger partial charge >= 0.3 is 0 Å². The SMILES string of the molecule is c1ccc(C2(c3ccc4[nH]c5ccc(C6(c7ccccc7)c7ccccc7-c7ccccc76)cc5c4c3)c3ccccc3-c3ccccc32)cc1. The third-order valence-corrected chi connectivity index (χ3v) is 11.8. The molecule has 1 heterocycles. The molecule has 0 fully saturated rings. The Balaban J connectivity index is 1.21. The van der Waals surface area contributed by atoms with Crippen molar-refractivity contribution < 1.29 is 0 Å². The van der Waals surface area contributed by atoms with Crippen molar-refractivity contribution in [3.8, 4) is 22.3 Å². The van der Waals surface area contributed by atoms with Gasteiger partial charge in [-0.15, -0.1) is 0 Å². The van der Waals surface area contributed by atoms with Gasteiger partial charge in [-0.1, -0.05) is 170 Å². The highest BCUT2D eigenvalue weighted by molar-refractivity contribution is 6.08. The summed E-state index contributed by atoms with van der Waals surface area (Å²) < 4.78 is 0. The summed E-state index contributed by atoms with van der Waals surface area (Å²) in [4.78, 5) is 3.79. The van der Waals surface area contributed by atoms with E-state index in [-0.39, 0.29) is 0 Å². The van der Waals surface area contributed by atoms with Crippen molar-refractivity contribution in [2.24, 2.45) is 0 Å². The van der Waals surface area contributed by atoms with Crippen LogP contribution in [-0.4, -0.2) is 4.98 Å². The fourth-order valence-electron chi connectivity index (χ4n) is 9.79. The molecule has 0 atom stereocenters. The number of hydrogen-bond donors (Lipinski definition) is 1. The average molecular weight is 648 g/mol. The second-order valence-corrected chi connectivity index (χ2v) is 14.1. The lowest BCUT2D eigenvalue weighted by atomic mass is 9.67. The summed E-state index contributed by atoms with van der Waals surface area (Å²) in [6.45, 7) is 0. The molecule has 0 aliphatic heterocycles. The molecule has 51 heavy (non-hydrogen) atoms. The molecule has 1 heteroatoms. The standard InChI is InChI=1S/C50H33N/c1-3-15-33(16-4-1)49(43-23-11-7-19-37(43)38-20-8-12-24-44(38)49)35-27-29-47-41(31-35)42-32-36(28-30-48(42)51-47)50(34-17-5-2-6-18-34)45-25-13-9-21-39(45)40-22-10-14-26-46(40)50/h1-32,51H. The van der Waals surface area contributed by atoms with Gasteiger partial charge in [-0.3, -0.25) is 0 Å². The summed E-state index contributed by atoms with van der Waals surface area (Å²) in [5.74, 6) is 0. The summed E-state index contributed by atoms with van der Waals surface area (Å²) in [5.41, 5.74) is 17.1. The smallest absolute Gasteiger partial charge is 0.0713 e. The molecule has 0 spiro atoms. The van der Waals surface area contributed by atoms with Crippen molar-refractivity contribution in [3.05, 3.63) is 239 Å². The molecule has 0 saturated heterocycles. The van der Waals surface area contributed by atoms with Crippen LogP contribution in [0.15, 0.2) is 194 Å². The molecule has 0 saturated carbocycles. The van der Waals surface area contributed by atoms with Crippen LogP contribution in [-0.2, 0) is 10.8 Å². The maximum absolute atomic E-state index is 3.79. The van der Waals surface area contributed by atoms with Crippen LogP contribution >= 0.6 is 0 Å². The molecule has 11 rings (SSSR count). The number of hydrogen-bond acceptors (Lipinski definition) is 0. The molecule has 1 N–H and O–H groups in total. The van der Waals surface area contributed by atoms with Gasteiger partial charge in [0.15, 0.2) is 0 Å². The summed E-state index contributed by atoms with van der Waals surface area (Å²) >= 11 is 0. The molecule has 0 bridgehead atoms. The van der Waals surface area contributed by atoms with Crippen LogP contribution in [0, 0.1) is 0 Å². The highest BCUT2D eigenvalue weighted by Crippen LogP contribution is 2.58.